The number of hydrogen-bond acceptors (Lipinski definition) is 2. The summed E-state index contributed by atoms with van der Waals surface area (Å²) in [6, 6.07) is 37.2. The minimum atomic E-state index is -2.60. The van der Waals surface area contributed by atoms with Gasteiger partial charge in [-0.1, -0.05) is 72.8 Å². The van der Waals surface area contributed by atoms with Crippen molar-refractivity contribution in [3.8, 4) is 5.75 Å². The van der Waals surface area contributed by atoms with Crippen molar-refractivity contribution < 1.29 is 22.3 Å². The van der Waals surface area contributed by atoms with Crippen LogP contribution in [0.25, 0.3) is 0 Å². The summed E-state index contributed by atoms with van der Waals surface area (Å²) in [5.74, 6) is -0.380. The van der Waals surface area contributed by atoms with Crippen molar-refractivity contribution in [2.75, 3.05) is 0 Å². The predicted molar refractivity (Wildman–Crippen MR) is 125 cm³/mol. The summed E-state index contributed by atoms with van der Waals surface area (Å²) in [6.45, 7) is 0. The van der Waals surface area contributed by atoms with Gasteiger partial charge in [-0.15, -0.1) is 0 Å². The van der Waals surface area contributed by atoms with Gasteiger partial charge in [0.05, 0.1) is 0 Å². The monoisotopic (exact) mass is 447 g/mol. The van der Waals surface area contributed by atoms with Gasteiger partial charge in [0, 0.05) is 5.56 Å². The third-order valence-corrected chi connectivity index (χ3v) is 10.0. The third kappa shape index (κ3) is 4.07. The zero-order valence-corrected chi connectivity index (χ0v) is 18.5. The summed E-state index contributed by atoms with van der Waals surface area (Å²) in [4.78, 5) is 13.2. The average Bonchev–Trinajstić information content (AvgIpc) is 2.80. The third-order valence-electron chi connectivity index (χ3n) is 5.38. The van der Waals surface area contributed by atoms with Crippen molar-refractivity contribution in [1.29, 1.82) is 0 Å². The second-order valence-corrected chi connectivity index (χ2v) is 10.6. The molecule has 4 aromatic carbocycles. The first-order valence-corrected chi connectivity index (χ1v) is 11.6. The molecule has 4 rings (SSSR count). The Labute approximate surface area is 189 Å². The summed E-state index contributed by atoms with van der Waals surface area (Å²) >= 11 is 0. The van der Waals surface area contributed by atoms with Gasteiger partial charge >= 0.3 is 0 Å². The summed E-state index contributed by atoms with van der Waals surface area (Å²) in [7, 11) is -2.60. The van der Waals surface area contributed by atoms with Crippen LogP contribution in [0.5, 0.6) is 5.75 Å². The summed E-state index contributed by atoms with van der Waals surface area (Å²) in [5.41, 5.74) is 5.95. The number of nitrogens with two attached hydrogens (primary N) is 1. The second-order valence-electron chi connectivity index (χ2n) is 7.09. The van der Waals surface area contributed by atoms with Crippen LogP contribution in [-0.4, -0.2) is 11.0 Å². The molecule has 5 heteroatoms. The maximum atomic E-state index is 13.2. The molecule has 0 aliphatic rings. The van der Waals surface area contributed by atoms with E-state index in [1.54, 1.807) is 18.2 Å². The van der Waals surface area contributed by atoms with Crippen LogP contribution in [0.3, 0.4) is 0 Å². The number of carbonyl (C=O) groups excluding carboxylic acids is 1. The van der Waals surface area contributed by atoms with E-state index in [0.29, 0.717) is 5.56 Å². The molecule has 0 aliphatic heterocycles. The lowest BCUT2D eigenvalue weighted by atomic mass is 10.1. The van der Waals surface area contributed by atoms with Crippen molar-refractivity contribution >= 4 is 29.1 Å². The predicted octanol–water partition coefficient (Wildman–Crippen LogP) is 0.917. The number of carbonyl (C=O) groups is 1. The Morgan fingerprint density at radius 1 is 0.645 bits per heavy atom. The minimum absolute atomic E-state index is 0. The molecular weight excluding hydrogens is 425 g/mol. The highest BCUT2D eigenvalue weighted by atomic mass is 35.5. The first-order chi connectivity index (χ1) is 14.7. The van der Waals surface area contributed by atoms with Gasteiger partial charge in [-0.3, -0.25) is 4.79 Å². The fourth-order valence-electron chi connectivity index (χ4n) is 4.16. The van der Waals surface area contributed by atoms with E-state index in [1.807, 2.05) is 60.7 Å². The van der Waals surface area contributed by atoms with Gasteiger partial charge in [0.2, 0.25) is 0 Å². The van der Waals surface area contributed by atoms with Crippen LogP contribution in [0.4, 0.5) is 0 Å². The molecule has 3 N–H and O–H groups in total. The van der Waals surface area contributed by atoms with Gasteiger partial charge in [0.25, 0.3) is 5.91 Å². The lowest BCUT2D eigenvalue weighted by Gasteiger charge is -2.33. The molecule has 1 unspecified atom stereocenters. The Kier molecular flexibility index (Phi) is 7.12. The Morgan fingerprint density at radius 3 is 1.35 bits per heavy atom. The number of rotatable bonds is 6. The van der Waals surface area contributed by atoms with Crippen molar-refractivity contribution in [2.45, 2.75) is 5.66 Å². The van der Waals surface area contributed by atoms with Gasteiger partial charge in [0.15, 0.2) is 5.66 Å². The Morgan fingerprint density at radius 2 is 1.00 bits per heavy atom. The van der Waals surface area contributed by atoms with E-state index in [9.17, 15) is 9.90 Å². The molecule has 0 aromatic heterocycles. The number of halogens is 1. The first kappa shape index (κ1) is 22.6. The fraction of sp³-hybridized carbons (Fsp3) is 0.0385. The molecule has 0 saturated carbocycles. The zero-order chi connectivity index (χ0) is 21.0. The molecule has 0 aliphatic carbocycles. The van der Waals surface area contributed by atoms with E-state index in [4.69, 9.17) is 5.73 Å². The van der Waals surface area contributed by atoms with Crippen LogP contribution in [0.2, 0.25) is 0 Å². The highest BCUT2D eigenvalue weighted by molar-refractivity contribution is 7.96. The summed E-state index contributed by atoms with van der Waals surface area (Å²) in [5, 5.41) is 13.9. The summed E-state index contributed by atoms with van der Waals surface area (Å²) in [6.07, 6.45) is 0. The van der Waals surface area contributed by atoms with Gasteiger partial charge in [-0.25, -0.2) is 0 Å². The largest absolute Gasteiger partial charge is 1.00 e. The lowest BCUT2D eigenvalue weighted by molar-refractivity contribution is -0.117. The molecule has 0 radical (unpaired) electrons. The first-order valence-electron chi connectivity index (χ1n) is 9.78. The van der Waals surface area contributed by atoms with Crippen LogP contribution in [0, 0.1) is 0 Å². The van der Waals surface area contributed by atoms with E-state index in [1.165, 1.54) is 0 Å². The lowest BCUT2D eigenvalue weighted by Crippen LogP contribution is -3.00. The van der Waals surface area contributed by atoms with Crippen LogP contribution in [0.1, 0.15) is 11.2 Å². The Hall–Kier alpha value is -3.13. The van der Waals surface area contributed by atoms with E-state index in [-0.39, 0.29) is 18.2 Å². The molecule has 3 nitrogen and oxygen atoms in total. The van der Waals surface area contributed by atoms with E-state index >= 15 is 0 Å². The van der Waals surface area contributed by atoms with Crippen molar-refractivity contribution in [2.24, 2.45) is 5.73 Å². The quantitative estimate of drug-likeness (QED) is 0.432. The molecular formula is C26H23ClNO2P. The molecule has 0 saturated heterocycles. The summed E-state index contributed by atoms with van der Waals surface area (Å²) < 4.78 is 0. The standard InChI is InChI=1S/C26H22NO2P.ClH/c27-26(29)25(23-18-10-11-19-24(23)28)30(20-12-4-1-5-13-20,21-14-6-2-7-15-21)22-16-8-3-9-17-22;/h1-19,25H,(H2-,27,28,29);1H. The topological polar surface area (TPSA) is 63.3 Å². The maximum absolute atomic E-state index is 13.2. The van der Waals surface area contributed by atoms with Crippen LogP contribution in [-0.2, 0) is 4.79 Å². The van der Waals surface area contributed by atoms with E-state index in [0.717, 1.165) is 15.9 Å². The molecule has 1 amide bonds. The molecule has 4 aromatic rings. The van der Waals surface area contributed by atoms with Gasteiger partial charge in [0.1, 0.15) is 28.9 Å². The number of phenolic OH excluding ortho intramolecular Hbond substituents is 1. The van der Waals surface area contributed by atoms with Crippen molar-refractivity contribution in [3.63, 3.8) is 0 Å². The van der Waals surface area contributed by atoms with Crippen LogP contribution in [0.15, 0.2) is 115 Å². The number of benzene rings is 4. The normalized spacial score (nSPS) is 11.9. The molecule has 1 atom stereocenters. The molecule has 31 heavy (non-hydrogen) atoms. The maximum Gasteiger partial charge on any atom is 0.264 e. The van der Waals surface area contributed by atoms with Crippen molar-refractivity contribution in [3.05, 3.63) is 121 Å². The fourth-order valence-corrected chi connectivity index (χ4v) is 8.89. The number of phenols is 1. The molecule has 156 valence electrons. The van der Waals surface area contributed by atoms with Gasteiger partial charge in [-0.05, 0) is 42.5 Å². The molecule has 0 spiro atoms. The Bertz CT molecular complexity index is 1040. The van der Waals surface area contributed by atoms with Gasteiger partial charge in [-0.2, -0.15) is 0 Å². The second kappa shape index (κ2) is 9.78. The smallest absolute Gasteiger partial charge is 0.264 e. The number of aromatic hydroxyl groups is 1. The Balaban J connectivity index is 0.00000272. The molecule has 0 heterocycles. The van der Waals surface area contributed by atoms with Crippen LogP contribution < -0.4 is 34.1 Å². The van der Waals surface area contributed by atoms with Gasteiger partial charge < -0.3 is 23.2 Å². The highest BCUT2D eigenvalue weighted by Crippen LogP contribution is 2.67. The SMILES string of the molecule is NC(=O)C(c1ccccc1O)[P+](c1ccccc1)(c1ccccc1)c1ccccc1.[Cl-]. The average molecular weight is 448 g/mol. The number of amides is 1. The molecule has 0 fully saturated rings. The highest BCUT2D eigenvalue weighted by Gasteiger charge is 2.56. The van der Waals surface area contributed by atoms with Crippen molar-refractivity contribution in [1.82, 2.24) is 0 Å². The number of hydrogen-bond donors (Lipinski definition) is 2. The minimum Gasteiger partial charge on any atom is -1.00 e. The molecule has 0 bridgehead atoms. The van der Waals surface area contributed by atoms with E-state index < -0.39 is 18.8 Å². The van der Waals surface area contributed by atoms with E-state index in [2.05, 4.69) is 36.4 Å². The number of primary amides is 1. The number of para-hydroxylation sites is 1. The van der Waals surface area contributed by atoms with Crippen LogP contribution >= 0.6 is 7.26 Å². The zero-order valence-electron chi connectivity index (χ0n) is 16.8.